The molecule has 0 aliphatic rings. The van der Waals surface area contributed by atoms with Gasteiger partial charge in [-0.3, -0.25) is 0 Å². The van der Waals surface area contributed by atoms with E-state index in [0.29, 0.717) is 6.61 Å². The van der Waals surface area contributed by atoms with E-state index in [4.69, 9.17) is 4.74 Å². The molecule has 0 spiro atoms. The number of hydrogen-bond acceptors (Lipinski definition) is 5. The summed E-state index contributed by atoms with van der Waals surface area (Å²) in [6.07, 6.45) is 3.64. The summed E-state index contributed by atoms with van der Waals surface area (Å²) in [6, 6.07) is 0. The Morgan fingerprint density at radius 2 is 2.40 bits per heavy atom. The van der Waals surface area contributed by atoms with E-state index in [0.717, 1.165) is 36.9 Å². The van der Waals surface area contributed by atoms with Gasteiger partial charge in [-0.1, -0.05) is 13.0 Å². The Kier molecular flexibility index (Phi) is 5.96. The standard InChI is InChI=1S/C10H17N3OS/c1-3-5-7-14-8-6-11-10-12-9(4-2)13-15-10/h3H,1,4-8H2,2H3,(H,11,12,13). The predicted molar refractivity (Wildman–Crippen MR) is 63.4 cm³/mol. The van der Waals surface area contributed by atoms with Crippen molar-refractivity contribution in [1.82, 2.24) is 9.36 Å². The van der Waals surface area contributed by atoms with Crippen LogP contribution < -0.4 is 5.32 Å². The fourth-order valence-electron chi connectivity index (χ4n) is 0.968. The van der Waals surface area contributed by atoms with Crippen molar-refractivity contribution in [1.29, 1.82) is 0 Å². The van der Waals surface area contributed by atoms with E-state index in [-0.39, 0.29) is 0 Å². The molecule has 15 heavy (non-hydrogen) atoms. The van der Waals surface area contributed by atoms with E-state index in [1.54, 1.807) is 0 Å². The molecule has 1 N–H and O–H groups in total. The van der Waals surface area contributed by atoms with E-state index in [1.807, 2.05) is 13.0 Å². The molecule has 0 saturated carbocycles. The molecule has 0 fully saturated rings. The van der Waals surface area contributed by atoms with Gasteiger partial charge in [0.25, 0.3) is 0 Å². The quantitative estimate of drug-likeness (QED) is 0.546. The minimum absolute atomic E-state index is 0.689. The molecule has 0 radical (unpaired) electrons. The lowest BCUT2D eigenvalue weighted by molar-refractivity contribution is 0.149. The molecule has 5 heteroatoms. The Hall–Kier alpha value is -0.940. The number of aromatic nitrogens is 2. The van der Waals surface area contributed by atoms with Crippen LogP contribution in [0.25, 0.3) is 0 Å². The van der Waals surface area contributed by atoms with Crippen molar-refractivity contribution in [2.45, 2.75) is 19.8 Å². The van der Waals surface area contributed by atoms with E-state index in [1.165, 1.54) is 11.5 Å². The Morgan fingerprint density at radius 3 is 3.07 bits per heavy atom. The number of nitrogens with one attached hydrogen (secondary N) is 1. The molecule has 4 nitrogen and oxygen atoms in total. The summed E-state index contributed by atoms with van der Waals surface area (Å²) in [7, 11) is 0. The zero-order valence-electron chi connectivity index (χ0n) is 9.03. The van der Waals surface area contributed by atoms with Crippen molar-refractivity contribution < 1.29 is 4.74 Å². The molecule has 0 aromatic carbocycles. The first-order valence-electron chi connectivity index (χ1n) is 5.12. The molecule has 1 heterocycles. The number of rotatable bonds is 8. The number of nitrogens with zero attached hydrogens (tertiary/aromatic N) is 2. The second-order valence-electron chi connectivity index (χ2n) is 2.99. The van der Waals surface area contributed by atoms with Gasteiger partial charge >= 0.3 is 0 Å². The summed E-state index contributed by atoms with van der Waals surface area (Å²) in [5, 5.41) is 4.04. The summed E-state index contributed by atoms with van der Waals surface area (Å²) in [4.78, 5) is 4.29. The van der Waals surface area contributed by atoms with E-state index >= 15 is 0 Å². The highest BCUT2D eigenvalue weighted by atomic mass is 32.1. The average Bonchev–Trinajstić information content (AvgIpc) is 2.71. The summed E-state index contributed by atoms with van der Waals surface area (Å²) < 4.78 is 9.53. The molecule has 1 aromatic rings. The van der Waals surface area contributed by atoms with Gasteiger partial charge in [0.05, 0.1) is 13.2 Å². The van der Waals surface area contributed by atoms with Crippen molar-refractivity contribution in [3.63, 3.8) is 0 Å². The maximum atomic E-state index is 5.35. The molecule has 0 atom stereocenters. The first-order chi connectivity index (χ1) is 7.36. The molecule has 0 bridgehead atoms. The fraction of sp³-hybridized carbons (Fsp3) is 0.600. The van der Waals surface area contributed by atoms with E-state index < -0.39 is 0 Å². The van der Waals surface area contributed by atoms with Crippen LogP contribution in [0.4, 0.5) is 5.13 Å². The number of ether oxygens (including phenoxy) is 1. The van der Waals surface area contributed by atoms with Gasteiger partial charge in [0.1, 0.15) is 5.82 Å². The molecular weight excluding hydrogens is 210 g/mol. The SMILES string of the molecule is C=CCCOCCNc1nc(CC)ns1. The van der Waals surface area contributed by atoms with Crippen molar-refractivity contribution >= 4 is 16.7 Å². The highest BCUT2D eigenvalue weighted by Gasteiger charge is 2.00. The Morgan fingerprint density at radius 1 is 1.53 bits per heavy atom. The summed E-state index contributed by atoms with van der Waals surface area (Å²) in [6.45, 7) is 7.87. The second-order valence-corrected chi connectivity index (χ2v) is 3.74. The van der Waals surface area contributed by atoms with Crippen LogP contribution >= 0.6 is 11.5 Å². The number of anilines is 1. The average molecular weight is 227 g/mol. The minimum atomic E-state index is 0.689. The lowest BCUT2D eigenvalue weighted by atomic mass is 10.4. The Balaban J connectivity index is 2.06. The molecule has 0 aliphatic heterocycles. The van der Waals surface area contributed by atoms with Gasteiger partial charge in [0.2, 0.25) is 5.13 Å². The zero-order valence-corrected chi connectivity index (χ0v) is 9.85. The fourth-order valence-corrected chi connectivity index (χ4v) is 1.64. The first kappa shape index (κ1) is 12.1. The molecule has 0 amide bonds. The normalized spacial score (nSPS) is 10.2. The van der Waals surface area contributed by atoms with E-state index in [9.17, 15) is 0 Å². The van der Waals surface area contributed by atoms with Crippen LogP contribution in [0, 0.1) is 0 Å². The Bertz CT molecular complexity index is 288. The zero-order chi connectivity index (χ0) is 10.9. The summed E-state index contributed by atoms with van der Waals surface area (Å²) in [5.41, 5.74) is 0. The van der Waals surface area contributed by atoms with Gasteiger partial charge in [-0.2, -0.15) is 4.37 Å². The van der Waals surface area contributed by atoms with Crippen LogP contribution in [-0.4, -0.2) is 29.1 Å². The summed E-state index contributed by atoms with van der Waals surface area (Å²) in [5.74, 6) is 0.898. The third kappa shape index (κ3) is 4.90. The third-order valence-corrected chi connectivity index (χ3v) is 2.48. The lowest BCUT2D eigenvalue weighted by Crippen LogP contribution is -2.09. The lowest BCUT2D eigenvalue weighted by Gasteiger charge is -2.02. The van der Waals surface area contributed by atoms with Gasteiger partial charge in [0, 0.05) is 24.5 Å². The molecule has 1 rings (SSSR count). The molecule has 84 valence electrons. The second kappa shape index (κ2) is 7.36. The molecule has 1 aromatic heterocycles. The topological polar surface area (TPSA) is 47.0 Å². The van der Waals surface area contributed by atoms with Crippen LogP contribution in [0.3, 0.4) is 0 Å². The van der Waals surface area contributed by atoms with Crippen LogP contribution in [0.15, 0.2) is 12.7 Å². The van der Waals surface area contributed by atoms with Crippen molar-refractivity contribution in [2.24, 2.45) is 0 Å². The number of hydrogen-bond donors (Lipinski definition) is 1. The molecule has 0 unspecified atom stereocenters. The first-order valence-corrected chi connectivity index (χ1v) is 5.89. The maximum Gasteiger partial charge on any atom is 0.202 e. The van der Waals surface area contributed by atoms with Crippen LogP contribution in [0.5, 0.6) is 0 Å². The van der Waals surface area contributed by atoms with Gasteiger partial charge in [0.15, 0.2) is 0 Å². The van der Waals surface area contributed by atoms with Gasteiger partial charge in [-0.25, -0.2) is 4.98 Å². The monoisotopic (exact) mass is 227 g/mol. The van der Waals surface area contributed by atoms with Gasteiger partial charge < -0.3 is 10.1 Å². The molecule has 0 aliphatic carbocycles. The van der Waals surface area contributed by atoms with Crippen LogP contribution in [-0.2, 0) is 11.2 Å². The van der Waals surface area contributed by atoms with Gasteiger partial charge in [-0.05, 0) is 6.42 Å². The number of aryl methyl sites for hydroxylation is 1. The maximum absolute atomic E-state index is 5.35. The highest BCUT2D eigenvalue weighted by molar-refractivity contribution is 7.09. The van der Waals surface area contributed by atoms with Crippen molar-refractivity contribution in [3.05, 3.63) is 18.5 Å². The summed E-state index contributed by atoms with van der Waals surface area (Å²) >= 11 is 1.40. The molecule has 0 saturated heterocycles. The predicted octanol–water partition coefficient (Wildman–Crippen LogP) is 2.11. The minimum Gasteiger partial charge on any atom is -0.379 e. The highest BCUT2D eigenvalue weighted by Crippen LogP contribution is 2.10. The third-order valence-electron chi connectivity index (χ3n) is 1.77. The van der Waals surface area contributed by atoms with Crippen molar-refractivity contribution in [3.8, 4) is 0 Å². The largest absolute Gasteiger partial charge is 0.379 e. The van der Waals surface area contributed by atoms with Crippen molar-refractivity contribution in [2.75, 3.05) is 25.1 Å². The van der Waals surface area contributed by atoms with Crippen LogP contribution in [0.2, 0.25) is 0 Å². The smallest absolute Gasteiger partial charge is 0.202 e. The molecular formula is C10H17N3OS. The van der Waals surface area contributed by atoms with E-state index in [2.05, 4.69) is 21.3 Å². The Labute approximate surface area is 94.5 Å². The van der Waals surface area contributed by atoms with Crippen LogP contribution in [0.1, 0.15) is 19.2 Å². The van der Waals surface area contributed by atoms with Gasteiger partial charge in [-0.15, -0.1) is 6.58 Å².